The molecule has 0 radical (unpaired) electrons. The molecule has 3 aromatic rings. The van der Waals surface area contributed by atoms with Crippen LogP contribution in [0.3, 0.4) is 0 Å². The average molecular weight is 413 g/mol. The fourth-order valence-electron chi connectivity index (χ4n) is 3.47. The van der Waals surface area contributed by atoms with E-state index in [-0.39, 0.29) is 12.4 Å². The van der Waals surface area contributed by atoms with E-state index in [9.17, 15) is 19.5 Å². The van der Waals surface area contributed by atoms with Crippen molar-refractivity contribution in [3.63, 3.8) is 0 Å². The Morgan fingerprint density at radius 3 is 2.32 bits per heavy atom. The normalized spacial score (nSPS) is 14.5. The number of amides is 2. The van der Waals surface area contributed by atoms with Crippen molar-refractivity contribution < 1.29 is 24.2 Å². The molecule has 0 fully saturated rings. The maximum atomic E-state index is 13.4. The Kier molecular flexibility index (Phi) is 5.37. The molecule has 0 bridgehead atoms. The predicted octanol–water partition coefficient (Wildman–Crippen LogP) is 4.30. The number of aromatic hydroxyl groups is 1. The molecule has 1 aliphatic heterocycles. The summed E-state index contributed by atoms with van der Waals surface area (Å²) in [4.78, 5) is 39.5. The smallest absolute Gasteiger partial charge is 0.338 e. The van der Waals surface area contributed by atoms with E-state index in [1.807, 2.05) is 0 Å². The summed E-state index contributed by atoms with van der Waals surface area (Å²) in [6, 6.07) is 19.5. The summed E-state index contributed by atoms with van der Waals surface area (Å²) in [5.41, 5.74) is 2.56. The van der Waals surface area contributed by atoms with Crippen molar-refractivity contribution in [3.8, 4) is 5.75 Å². The number of benzene rings is 3. The highest BCUT2D eigenvalue weighted by Gasteiger charge is 2.35. The number of carbonyl (C=O) groups is 3. The first-order valence-corrected chi connectivity index (χ1v) is 9.75. The zero-order valence-corrected chi connectivity index (χ0v) is 16.7. The average Bonchev–Trinajstić information content (AvgIpc) is 2.77. The number of imide groups is 1. The summed E-state index contributed by atoms with van der Waals surface area (Å²) in [7, 11) is 0. The largest absolute Gasteiger partial charge is 0.508 e. The van der Waals surface area contributed by atoms with E-state index in [1.165, 1.54) is 18.2 Å². The molecule has 0 saturated carbocycles. The number of anilines is 1. The molecule has 6 nitrogen and oxygen atoms in total. The predicted molar refractivity (Wildman–Crippen MR) is 117 cm³/mol. The number of nitrogens with zero attached hydrogens (tertiary/aromatic N) is 1. The van der Waals surface area contributed by atoms with Crippen LogP contribution in [0.4, 0.5) is 5.69 Å². The Balaban J connectivity index is 1.79. The third-order valence-corrected chi connectivity index (χ3v) is 4.90. The molecule has 0 aromatic heterocycles. The molecule has 3 aromatic carbocycles. The second-order valence-electron chi connectivity index (χ2n) is 6.91. The number of phenolic OH excluding ortho intramolecular Hbond substituents is 1. The van der Waals surface area contributed by atoms with Crippen molar-refractivity contribution >= 4 is 35.1 Å². The van der Waals surface area contributed by atoms with Crippen LogP contribution in [0, 0.1) is 0 Å². The number of fused-ring (bicyclic) bond motifs is 1. The summed E-state index contributed by atoms with van der Waals surface area (Å²) in [6.45, 7) is 1.97. The Bertz CT molecular complexity index is 1210. The molecule has 4 rings (SSSR count). The van der Waals surface area contributed by atoms with Crippen molar-refractivity contribution in [1.82, 2.24) is 0 Å². The Morgan fingerprint density at radius 1 is 0.935 bits per heavy atom. The molecule has 0 saturated heterocycles. The maximum Gasteiger partial charge on any atom is 0.338 e. The molecule has 1 aliphatic rings. The first-order valence-electron chi connectivity index (χ1n) is 9.75. The summed E-state index contributed by atoms with van der Waals surface area (Å²) in [5, 5.41) is 9.77. The molecule has 1 N–H and O–H groups in total. The molecule has 0 spiro atoms. The van der Waals surface area contributed by atoms with Gasteiger partial charge in [0, 0.05) is 11.1 Å². The SMILES string of the molecule is CCOC(=O)c1ccc(N2C(=O)C(=Cc3cccc(O)c3)c3ccccc3C2=O)cc1. The second kappa shape index (κ2) is 8.28. The van der Waals surface area contributed by atoms with Gasteiger partial charge in [-0.3, -0.25) is 9.59 Å². The van der Waals surface area contributed by atoms with Gasteiger partial charge in [0.15, 0.2) is 0 Å². The molecule has 6 heteroatoms. The third-order valence-electron chi connectivity index (χ3n) is 4.90. The first kappa shape index (κ1) is 20.1. The third kappa shape index (κ3) is 3.83. The quantitative estimate of drug-likeness (QED) is 0.392. The lowest BCUT2D eigenvalue weighted by Crippen LogP contribution is -2.41. The summed E-state index contributed by atoms with van der Waals surface area (Å²) in [5.74, 6) is -1.33. The zero-order valence-electron chi connectivity index (χ0n) is 16.7. The van der Waals surface area contributed by atoms with Gasteiger partial charge in [-0.05, 0) is 66.6 Å². The van der Waals surface area contributed by atoms with Gasteiger partial charge in [0.2, 0.25) is 0 Å². The van der Waals surface area contributed by atoms with Crippen LogP contribution in [-0.4, -0.2) is 29.5 Å². The van der Waals surface area contributed by atoms with Crippen LogP contribution in [0.5, 0.6) is 5.75 Å². The lowest BCUT2D eigenvalue weighted by molar-refractivity contribution is -0.112. The number of hydrogen-bond donors (Lipinski definition) is 1. The highest BCUT2D eigenvalue weighted by atomic mass is 16.5. The molecule has 0 unspecified atom stereocenters. The molecule has 31 heavy (non-hydrogen) atoms. The van der Waals surface area contributed by atoms with Gasteiger partial charge in [0.25, 0.3) is 11.8 Å². The van der Waals surface area contributed by atoms with E-state index < -0.39 is 17.8 Å². The minimum Gasteiger partial charge on any atom is -0.508 e. The first-order chi connectivity index (χ1) is 15.0. The van der Waals surface area contributed by atoms with Gasteiger partial charge in [0.1, 0.15) is 5.75 Å². The van der Waals surface area contributed by atoms with Gasteiger partial charge in [-0.1, -0.05) is 30.3 Å². The van der Waals surface area contributed by atoms with Crippen molar-refractivity contribution in [3.05, 3.63) is 95.1 Å². The second-order valence-corrected chi connectivity index (χ2v) is 6.91. The van der Waals surface area contributed by atoms with E-state index in [4.69, 9.17) is 4.74 Å². The molecule has 2 amide bonds. The van der Waals surface area contributed by atoms with Crippen LogP contribution < -0.4 is 4.90 Å². The fraction of sp³-hybridized carbons (Fsp3) is 0.0800. The number of hydrogen-bond acceptors (Lipinski definition) is 5. The van der Waals surface area contributed by atoms with Crippen molar-refractivity contribution in [2.75, 3.05) is 11.5 Å². The van der Waals surface area contributed by atoms with Gasteiger partial charge in [-0.2, -0.15) is 0 Å². The highest BCUT2D eigenvalue weighted by molar-refractivity contribution is 6.43. The number of esters is 1. The number of carbonyl (C=O) groups excluding carboxylic acids is 3. The van der Waals surface area contributed by atoms with E-state index in [2.05, 4.69) is 0 Å². The van der Waals surface area contributed by atoms with Crippen molar-refractivity contribution in [2.24, 2.45) is 0 Å². The lowest BCUT2D eigenvalue weighted by Gasteiger charge is -2.28. The summed E-state index contributed by atoms with van der Waals surface area (Å²) >= 11 is 0. The van der Waals surface area contributed by atoms with Crippen LogP contribution in [0.15, 0.2) is 72.8 Å². The van der Waals surface area contributed by atoms with Crippen LogP contribution in [0.1, 0.15) is 38.8 Å². The Morgan fingerprint density at radius 2 is 1.65 bits per heavy atom. The van der Waals surface area contributed by atoms with E-state index in [0.29, 0.717) is 33.5 Å². The topological polar surface area (TPSA) is 83.9 Å². The zero-order chi connectivity index (χ0) is 22.0. The highest BCUT2D eigenvalue weighted by Crippen LogP contribution is 2.33. The van der Waals surface area contributed by atoms with E-state index in [1.54, 1.807) is 67.6 Å². The van der Waals surface area contributed by atoms with Gasteiger partial charge in [-0.25, -0.2) is 9.69 Å². The molecular weight excluding hydrogens is 394 g/mol. The van der Waals surface area contributed by atoms with Crippen molar-refractivity contribution in [1.29, 1.82) is 0 Å². The molecule has 1 heterocycles. The van der Waals surface area contributed by atoms with Gasteiger partial charge >= 0.3 is 5.97 Å². The Labute approximate surface area is 179 Å². The molecule has 154 valence electrons. The van der Waals surface area contributed by atoms with Crippen LogP contribution in [0.2, 0.25) is 0 Å². The lowest BCUT2D eigenvalue weighted by atomic mass is 9.91. The van der Waals surface area contributed by atoms with Crippen LogP contribution >= 0.6 is 0 Å². The number of phenols is 1. The van der Waals surface area contributed by atoms with Gasteiger partial charge in [-0.15, -0.1) is 0 Å². The monoisotopic (exact) mass is 413 g/mol. The number of ether oxygens (including phenoxy) is 1. The molecule has 0 aliphatic carbocycles. The fourth-order valence-corrected chi connectivity index (χ4v) is 3.47. The summed E-state index contributed by atoms with van der Waals surface area (Å²) in [6.07, 6.45) is 1.65. The number of rotatable bonds is 4. The van der Waals surface area contributed by atoms with Crippen LogP contribution in [-0.2, 0) is 9.53 Å². The minimum absolute atomic E-state index is 0.0772. The molecule has 0 atom stereocenters. The Hall–Kier alpha value is -4.19. The standard InChI is InChI=1S/C25H19NO5/c1-2-31-25(30)17-10-12-18(13-11-17)26-23(28)21-9-4-3-8-20(21)22(24(26)29)15-16-6-5-7-19(27)14-16/h3-15,27H,2H2,1H3. The molecular formula is C25H19NO5. The minimum atomic E-state index is -0.490. The van der Waals surface area contributed by atoms with Gasteiger partial charge < -0.3 is 9.84 Å². The van der Waals surface area contributed by atoms with Crippen LogP contribution in [0.25, 0.3) is 11.6 Å². The van der Waals surface area contributed by atoms with Crippen molar-refractivity contribution in [2.45, 2.75) is 6.92 Å². The van der Waals surface area contributed by atoms with E-state index in [0.717, 1.165) is 4.90 Å². The summed E-state index contributed by atoms with van der Waals surface area (Å²) < 4.78 is 4.98. The maximum absolute atomic E-state index is 13.4. The van der Waals surface area contributed by atoms with Gasteiger partial charge in [0.05, 0.1) is 17.9 Å². The van der Waals surface area contributed by atoms with E-state index >= 15 is 0 Å².